The molecule has 0 saturated carbocycles. The molecule has 5 nitrogen and oxygen atoms in total. The van der Waals surface area contributed by atoms with E-state index in [1.807, 2.05) is 0 Å². The van der Waals surface area contributed by atoms with E-state index in [-0.39, 0.29) is 5.56 Å². The summed E-state index contributed by atoms with van der Waals surface area (Å²) in [5, 5.41) is 0. The lowest BCUT2D eigenvalue weighted by Crippen LogP contribution is -2.29. The van der Waals surface area contributed by atoms with Gasteiger partial charge < -0.3 is 4.74 Å². The number of ether oxygens (including phenoxy) is 1. The Morgan fingerprint density at radius 1 is 1.42 bits per heavy atom. The maximum absolute atomic E-state index is 12.8. The number of benzene rings is 1. The first kappa shape index (κ1) is 15.4. The lowest BCUT2D eigenvalue weighted by atomic mass is 10.1. The molecule has 0 saturated heterocycles. The van der Waals surface area contributed by atoms with Gasteiger partial charge >= 0.3 is 23.4 Å². The molecule has 19 heavy (non-hydrogen) atoms. The SMILES string of the molecule is C=Cc1ccc(C(=O)OCC(F)(F)OS(=O)O)cc1. The Morgan fingerprint density at radius 2 is 2.00 bits per heavy atom. The summed E-state index contributed by atoms with van der Waals surface area (Å²) in [5.41, 5.74) is 0.812. The Bertz CT molecular complexity index is 486. The van der Waals surface area contributed by atoms with Crippen LogP contribution < -0.4 is 0 Å². The number of rotatable bonds is 6. The van der Waals surface area contributed by atoms with E-state index in [1.165, 1.54) is 12.1 Å². The second kappa shape index (κ2) is 6.50. The summed E-state index contributed by atoms with van der Waals surface area (Å²) in [4.78, 5) is 11.4. The van der Waals surface area contributed by atoms with E-state index in [2.05, 4.69) is 15.5 Å². The molecule has 1 unspecified atom stereocenters. The van der Waals surface area contributed by atoms with E-state index in [4.69, 9.17) is 4.55 Å². The molecular weight excluding hydrogens is 282 g/mol. The zero-order chi connectivity index (χ0) is 14.5. The van der Waals surface area contributed by atoms with Crippen molar-refractivity contribution in [1.82, 2.24) is 0 Å². The summed E-state index contributed by atoms with van der Waals surface area (Å²) in [6, 6.07) is 5.87. The third-order valence-corrected chi connectivity index (χ3v) is 2.33. The average molecular weight is 292 g/mol. The van der Waals surface area contributed by atoms with Crippen molar-refractivity contribution in [2.45, 2.75) is 6.11 Å². The van der Waals surface area contributed by atoms with Crippen LogP contribution in [-0.4, -0.2) is 27.4 Å². The molecule has 0 aliphatic rings. The van der Waals surface area contributed by atoms with E-state index in [1.54, 1.807) is 18.2 Å². The standard InChI is InChI=1S/C11H10F2O5S/c1-2-8-3-5-9(6-4-8)10(14)17-7-11(12,13)18-19(15)16/h2-6H,1,7H2,(H,15,16). The van der Waals surface area contributed by atoms with Gasteiger partial charge in [0.15, 0.2) is 6.61 Å². The first-order valence-corrected chi connectivity index (χ1v) is 5.95. The second-order valence-electron chi connectivity index (χ2n) is 3.34. The van der Waals surface area contributed by atoms with E-state index in [0.29, 0.717) is 0 Å². The molecule has 1 aromatic carbocycles. The van der Waals surface area contributed by atoms with Gasteiger partial charge in [0, 0.05) is 0 Å². The largest absolute Gasteiger partial charge is 0.453 e. The molecule has 1 rings (SSSR count). The van der Waals surface area contributed by atoms with Crippen LogP contribution in [0.5, 0.6) is 0 Å². The maximum atomic E-state index is 12.8. The molecule has 1 aromatic rings. The predicted octanol–water partition coefficient (Wildman–Crippen LogP) is 2.23. The van der Waals surface area contributed by atoms with Gasteiger partial charge in [-0.05, 0) is 17.7 Å². The zero-order valence-electron chi connectivity index (χ0n) is 9.55. The normalized spacial score (nSPS) is 12.8. The highest BCUT2D eigenvalue weighted by atomic mass is 32.2. The minimum Gasteiger partial charge on any atom is -0.453 e. The minimum atomic E-state index is -4.03. The van der Waals surface area contributed by atoms with Crippen molar-refractivity contribution in [3.8, 4) is 0 Å². The molecular formula is C11H10F2O5S. The van der Waals surface area contributed by atoms with Crippen molar-refractivity contribution < 1.29 is 31.3 Å². The minimum absolute atomic E-state index is 0.0616. The van der Waals surface area contributed by atoms with E-state index >= 15 is 0 Å². The Balaban J connectivity index is 2.59. The Labute approximate surface area is 110 Å². The number of carbonyl (C=O) groups is 1. The van der Waals surface area contributed by atoms with Crippen LogP contribution >= 0.6 is 0 Å². The molecule has 1 N–H and O–H groups in total. The number of hydrogen-bond acceptors (Lipinski definition) is 4. The van der Waals surface area contributed by atoms with Crippen LogP contribution in [0.4, 0.5) is 8.78 Å². The first-order valence-electron chi connectivity index (χ1n) is 4.92. The fraction of sp³-hybridized carbons (Fsp3) is 0.182. The lowest BCUT2D eigenvalue weighted by Gasteiger charge is -2.13. The smallest absolute Gasteiger partial charge is 0.403 e. The van der Waals surface area contributed by atoms with E-state index in [0.717, 1.165) is 5.56 Å². The summed E-state index contributed by atoms with van der Waals surface area (Å²) in [6.07, 6.45) is -2.48. The van der Waals surface area contributed by atoms with E-state index in [9.17, 15) is 17.8 Å². The fourth-order valence-corrected chi connectivity index (χ4v) is 1.37. The molecule has 0 aliphatic heterocycles. The number of halogens is 2. The number of hydrogen-bond donors (Lipinski definition) is 1. The third-order valence-electron chi connectivity index (χ3n) is 1.95. The van der Waals surface area contributed by atoms with Crippen molar-refractivity contribution >= 4 is 23.4 Å². The fourth-order valence-electron chi connectivity index (χ4n) is 1.12. The highest BCUT2D eigenvalue weighted by Gasteiger charge is 2.35. The molecule has 0 spiro atoms. The van der Waals surface area contributed by atoms with Crippen molar-refractivity contribution in [2.24, 2.45) is 0 Å². The molecule has 0 heterocycles. The van der Waals surface area contributed by atoms with Gasteiger partial charge in [-0.15, -0.1) is 0 Å². The Kier molecular flexibility index (Phi) is 5.28. The molecule has 0 radical (unpaired) electrons. The monoisotopic (exact) mass is 292 g/mol. The van der Waals surface area contributed by atoms with Crippen LogP contribution in [0.2, 0.25) is 0 Å². The number of alkyl halides is 2. The molecule has 0 aromatic heterocycles. The summed E-state index contributed by atoms with van der Waals surface area (Å²) in [6.45, 7) is 2.06. The van der Waals surface area contributed by atoms with E-state index < -0.39 is 30.0 Å². The number of esters is 1. The van der Waals surface area contributed by atoms with Crippen molar-refractivity contribution in [1.29, 1.82) is 0 Å². The van der Waals surface area contributed by atoms with Gasteiger partial charge in [-0.25, -0.2) is 4.79 Å². The molecule has 0 fully saturated rings. The van der Waals surface area contributed by atoms with Crippen LogP contribution in [0.25, 0.3) is 6.08 Å². The van der Waals surface area contributed by atoms with Crippen LogP contribution in [-0.2, 0) is 20.3 Å². The maximum Gasteiger partial charge on any atom is 0.403 e. The average Bonchev–Trinajstić information content (AvgIpc) is 2.34. The predicted molar refractivity (Wildman–Crippen MR) is 63.6 cm³/mol. The molecule has 8 heteroatoms. The number of carbonyl (C=O) groups excluding carboxylic acids is 1. The van der Waals surface area contributed by atoms with Gasteiger partial charge in [0.25, 0.3) is 0 Å². The second-order valence-corrected chi connectivity index (χ2v) is 3.94. The summed E-state index contributed by atoms with van der Waals surface area (Å²) < 4.78 is 51.5. The summed E-state index contributed by atoms with van der Waals surface area (Å²) in [5.74, 6) is -0.998. The summed E-state index contributed by atoms with van der Waals surface area (Å²) in [7, 11) is 0. The molecule has 1 atom stereocenters. The Morgan fingerprint density at radius 3 is 2.47 bits per heavy atom. The van der Waals surface area contributed by atoms with Crippen molar-refractivity contribution in [2.75, 3.05) is 6.61 Å². The molecule has 0 amide bonds. The molecule has 0 bridgehead atoms. The first-order chi connectivity index (χ1) is 8.84. The van der Waals surface area contributed by atoms with Gasteiger partial charge in [-0.1, -0.05) is 24.8 Å². The van der Waals surface area contributed by atoms with Crippen LogP contribution in [0, 0.1) is 0 Å². The van der Waals surface area contributed by atoms with Gasteiger partial charge in [0.2, 0.25) is 0 Å². The highest BCUT2D eigenvalue weighted by molar-refractivity contribution is 7.74. The van der Waals surface area contributed by atoms with Gasteiger partial charge in [-0.2, -0.15) is 17.2 Å². The van der Waals surface area contributed by atoms with Crippen LogP contribution in [0.1, 0.15) is 15.9 Å². The van der Waals surface area contributed by atoms with Crippen molar-refractivity contribution in [3.05, 3.63) is 42.0 Å². The third kappa shape index (κ3) is 5.25. The highest BCUT2D eigenvalue weighted by Crippen LogP contribution is 2.17. The van der Waals surface area contributed by atoms with Crippen LogP contribution in [0.3, 0.4) is 0 Å². The van der Waals surface area contributed by atoms with Gasteiger partial charge in [0.1, 0.15) is 0 Å². The summed E-state index contributed by atoms with van der Waals surface area (Å²) >= 11 is -3.15. The quantitative estimate of drug-likeness (QED) is 0.643. The van der Waals surface area contributed by atoms with Crippen molar-refractivity contribution in [3.63, 3.8) is 0 Å². The zero-order valence-corrected chi connectivity index (χ0v) is 10.4. The van der Waals surface area contributed by atoms with Gasteiger partial charge in [-0.3, -0.25) is 4.55 Å². The Hall–Kier alpha value is -1.64. The van der Waals surface area contributed by atoms with Crippen LogP contribution in [0.15, 0.2) is 30.8 Å². The molecule has 0 aliphatic carbocycles. The lowest BCUT2D eigenvalue weighted by molar-refractivity contribution is -0.198. The topological polar surface area (TPSA) is 72.8 Å². The van der Waals surface area contributed by atoms with Gasteiger partial charge in [0.05, 0.1) is 5.56 Å². The molecule has 104 valence electrons.